The summed E-state index contributed by atoms with van der Waals surface area (Å²) in [5.41, 5.74) is 6.40. The van der Waals surface area contributed by atoms with Gasteiger partial charge in [0.25, 0.3) is 0 Å². The van der Waals surface area contributed by atoms with Crippen molar-refractivity contribution in [3.63, 3.8) is 0 Å². The highest BCUT2D eigenvalue weighted by Gasteiger charge is 2.43. The molecule has 1 saturated heterocycles. The topological polar surface area (TPSA) is 166 Å². The van der Waals surface area contributed by atoms with E-state index in [2.05, 4.69) is 44.3 Å². The number of carbonyl (C=O) groups excluding carboxylic acids is 3. The summed E-state index contributed by atoms with van der Waals surface area (Å²) in [4.78, 5) is 51.9. The van der Waals surface area contributed by atoms with Gasteiger partial charge in [-0.1, -0.05) is 77.6 Å². The van der Waals surface area contributed by atoms with E-state index in [1.807, 2.05) is 68.1 Å². The number of hydrogen-bond donors (Lipinski definition) is 5. The maximum absolute atomic E-state index is 14.0. The van der Waals surface area contributed by atoms with Gasteiger partial charge in [0, 0.05) is 55.8 Å². The Hall–Kier alpha value is -4.40. The third kappa shape index (κ3) is 11.4. The molecule has 13 nitrogen and oxygen atoms in total. The summed E-state index contributed by atoms with van der Waals surface area (Å²) < 4.78 is 1.86. The molecular weight excluding hydrogens is 751 g/mol. The van der Waals surface area contributed by atoms with E-state index in [-0.39, 0.29) is 42.8 Å². The Morgan fingerprint density at radius 2 is 1.76 bits per heavy atom. The van der Waals surface area contributed by atoms with Gasteiger partial charge in [0.05, 0.1) is 34.4 Å². The van der Waals surface area contributed by atoms with E-state index in [0.29, 0.717) is 19.5 Å². The van der Waals surface area contributed by atoms with Crippen molar-refractivity contribution in [2.24, 2.45) is 5.41 Å². The number of amides is 3. The molecule has 4 heterocycles. The molecule has 2 aliphatic rings. The van der Waals surface area contributed by atoms with Crippen molar-refractivity contribution in [1.29, 1.82) is 0 Å². The highest BCUT2D eigenvalue weighted by molar-refractivity contribution is 7.13. The Morgan fingerprint density at radius 1 is 1.00 bits per heavy atom. The smallest absolute Gasteiger partial charge is 0.243 e. The van der Waals surface area contributed by atoms with Crippen molar-refractivity contribution >= 4 is 40.5 Å². The first-order chi connectivity index (χ1) is 27.9. The van der Waals surface area contributed by atoms with Crippen molar-refractivity contribution in [2.45, 2.75) is 148 Å². The predicted octanol–water partition coefficient (Wildman–Crippen LogP) is 6.19. The summed E-state index contributed by atoms with van der Waals surface area (Å²) in [5.74, 6) is 0.676. The number of carbonyl (C=O) groups is 3. The number of nitrogens with one attached hydrogen (secondary N) is 4. The second-order valence-corrected chi connectivity index (χ2v) is 18.1. The Kier molecular flexibility index (Phi) is 14.9. The minimum absolute atomic E-state index is 0.123. The zero-order valence-corrected chi connectivity index (χ0v) is 35.7. The largest absolute Gasteiger partial charge is 0.391 e. The van der Waals surface area contributed by atoms with Gasteiger partial charge in [-0.15, -0.1) is 11.3 Å². The van der Waals surface area contributed by atoms with Crippen molar-refractivity contribution in [3.05, 3.63) is 65.1 Å². The number of thiazole rings is 1. The second kappa shape index (κ2) is 20.0. The number of hydrogen-bond acceptors (Lipinski definition) is 10. The van der Waals surface area contributed by atoms with Crippen molar-refractivity contribution in [1.82, 2.24) is 40.4 Å². The predicted molar refractivity (Wildman–Crippen MR) is 229 cm³/mol. The molecule has 58 heavy (non-hydrogen) atoms. The lowest BCUT2D eigenvalue weighted by Crippen LogP contribution is -2.56. The van der Waals surface area contributed by atoms with E-state index in [9.17, 15) is 19.5 Å². The molecule has 14 heteroatoms. The van der Waals surface area contributed by atoms with Crippen LogP contribution >= 0.6 is 11.3 Å². The molecule has 5 atom stereocenters. The van der Waals surface area contributed by atoms with Gasteiger partial charge in [0.15, 0.2) is 5.65 Å². The van der Waals surface area contributed by atoms with Crippen LogP contribution in [0.2, 0.25) is 0 Å². The van der Waals surface area contributed by atoms with Crippen LogP contribution in [0, 0.1) is 12.3 Å². The number of aliphatic hydroxyl groups is 1. The Morgan fingerprint density at radius 3 is 2.50 bits per heavy atom. The maximum Gasteiger partial charge on any atom is 0.243 e. The number of benzene rings is 1. The molecule has 0 unspecified atom stereocenters. The number of aromatic nitrogens is 4. The number of anilines is 1. The van der Waals surface area contributed by atoms with Crippen molar-refractivity contribution < 1.29 is 19.5 Å². The van der Waals surface area contributed by atoms with Crippen LogP contribution in [0.4, 0.5) is 5.82 Å². The first-order valence-electron chi connectivity index (χ1n) is 21.3. The van der Waals surface area contributed by atoms with Crippen LogP contribution in [0.3, 0.4) is 0 Å². The van der Waals surface area contributed by atoms with E-state index >= 15 is 0 Å². The second-order valence-electron chi connectivity index (χ2n) is 17.3. The average molecular weight is 814 g/mol. The maximum atomic E-state index is 14.0. The molecule has 1 aliphatic heterocycles. The lowest BCUT2D eigenvalue weighted by Gasteiger charge is -2.35. The summed E-state index contributed by atoms with van der Waals surface area (Å²) in [6.07, 6.45) is 11.3. The van der Waals surface area contributed by atoms with Gasteiger partial charge in [-0.25, -0.2) is 9.97 Å². The molecular formula is C44H63N9O4S. The number of aliphatic hydroxyl groups excluding tert-OH is 1. The SMILES string of the molecule is CCCc1cc(N[C@@H]2CC[C@@H](NC(=O)CCCCCCCN[C@H](C(=O)N3C[C@H](O)C[C@H]3C(=O)NCc3ccc(-c4scnc4C)cc3)C(C)(C)C)C2)n2nccc2n1. The van der Waals surface area contributed by atoms with Crippen molar-refractivity contribution in [2.75, 3.05) is 18.4 Å². The Bertz CT molecular complexity index is 1970. The van der Waals surface area contributed by atoms with E-state index in [0.717, 1.165) is 103 Å². The molecule has 1 aromatic carbocycles. The quantitative estimate of drug-likeness (QED) is 0.0695. The number of likely N-dealkylation sites (tertiary alicyclic amines) is 1. The first kappa shape index (κ1) is 43.2. The van der Waals surface area contributed by atoms with Crippen molar-refractivity contribution in [3.8, 4) is 10.4 Å². The number of nitrogens with zero attached hydrogens (tertiary/aromatic N) is 5. The summed E-state index contributed by atoms with van der Waals surface area (Å²) in [6, 6.07) is 11.3. The van der Waals surface area contributed by atoms with Crippen LogP contribution in [-0.4, -0.2) is 90.7 Å². The molecule has 3 amide bonds. The molecule has 1 aliphatic carbocycles. The average Bonchev–Trinajstić information content (AvgIpc) is 4.01. The highest BCUT2D eigenvalue weighted by atomic mass is 32.1. The Labute approximate surface area is 347 Å². The van der Waals surface area contributed by atoms with Gasteiger partial charge in [0.2, 0.25) is 17.7 Å². The molecule has 0 spiro atoms. The minimum Gasteiger partial charge on any atom is -0.391 e. The van der Waals surface area contributed by atoms with Gasteiger partial charge >= 0.3 is 0 Å². The number of β-amino-alcohol motifs (C(OH)–C–C–N with tert-alkyl or cyclic N) is 1. The molecule has 0 bridgehead atoms. The third-order valence-corrected chi connectivity index (χ3v) is 12.4. The van der Waals surface area contributed by atoms with E-state index in [4.69, 9.17) is 4.98 Å². The van der Waals surface area contributed by atoms with Crippen LogP contribution in [0.5, 0.6) is 0 Å². The zero-order chi connectivity index (χ0) is 41.2. The van der Waals surface area contributed by atoms with Crippen LogP contribution < -0.4 is 21.3 Å². The van der Waals surface area contributed by atoms with Gasteiger partial charge < -0.3 is 31.3 Å². The summed E-state index contributed by atoms with van der Waals surface area (Å²) >= 11 is 1.60. The number of unbranched alkanes of at least 4 members (excludes halogenated alkanes) is 4. The third-order valence-electron chi connectivity index (χ3n) is 11.4. The fraction of sp³-hybridized carbons (Fsp3) is 0.591. The molecule has 3 aromatic heterocycles. The fourth-order valence-electron chi connectivity index (χ4n) is 8.29. The molecule has 4 aromatic rings. The van der Waals surface area contributed by atoms with Gasteiger partial charge in [-0.3, -0.25) is 14.4 Å². The minimum atomic E-state index is -0.748. The molecule has 1 saturated carbocycles. The first-order valence-corrected chi connectivity index (χ1v) is 22.2. The highest BCUT2D eigenvalue weighted by Crippen LogP contribution is 2.29. The Balaban J connectivity index is 0.872. The molecule has 0 radical (unpaired) electrons. The van der Waals surface area contributed by atoms with E-state index in [1.54, 1.807) is 22.4 Å². The summed E-state index contributed by atoms with van der Waals surface area (Å²) in [6.45, 7) is 11.4. The number of fused-ring (bicyclic) bond motifs is 1. The van der Waals surface area contributed by atoms with Crippen LogP contribution in [0.25, 0.3) is 16.1 Å². The van der Waals surface area contributed by atoms with Gasteiger partial charge in [-0.05, 0) is 68.5 Å². The molecule has 6 rings (SSSR count). The lowest BCUT2D eigenvalue weighted by molar-refractivity contribution is -0.142. The van der Waals surface area contributed by atoms with Gasteiger partial charge in [-0.2, -0.15) is 9.61 Å². The standard InChI is InChI=1S/C44H63N9O4S/c1-6-12-32-24-38(53-37(49-32)20-22-48-53)50-33-18-19-34(23-33)51-39(55)13-10-8-7-9-11-21-45-41(44(3,4)5)43(57)52-27-35(54)25-36(52)42(56)46-26-30-14-16-31(17-15-30)40-29(2)47-28-58-40/h14-17,20,22,24,28,33-36,41,45,50,54H,6-13,18-19,21,23,25-27H2,1-5H3,(H,46,56)(H,51,55)/t33-,34-,35-,36+,41-/m1/s1. The number of aryl methyl sites for hydroxylation is 2. The van der Waals surface area contributed by atoms with E-state index in [1.165, 1.54) is 0 Å². The normalized spacial score (nSPS) is 20.1. The molecule has 314 valence electrons. The summed E-state index contributed by atoms with van der Waals surface area (Å²) in [7, 11) is 0. The molecule has 5 N–H and O–H groups in total. The zero-order valence-electron chi connectivity index (χ0n) is 34.9. The van der Waals surface area contributed by atoms with Crippen LogP contribution in [0.15, 0.2) is 48.1 Å². The molecule has 2 fully saturated rings. The van der Waals surface area contributed by atoms with E-state index < -0.39 is 23.6 Å². The number of rotatable bonds is 19. The van der Waals surface area contributed by atoms with Crippen LogP contribution in [0.1, 0.15) is 115 Å². The fourth-order valence-corrected chi connectivity index (χ4v) is 9.10. The van der Waals surface area contributed by atoms with Gasteiger partial charge in [0.1, 0.15) is 11.9 Å². The lowest BCUT2D eigenvalue weighted by atomic mass is 9.85. The summed E-state index contributed by atoms with van der Waals surface area (Å²) in [5, 5.41) is 28.4. The monoisotopic (exact) mass is 813 g/mol. The van der Waals surface area contributed by atoms with Crippen LogP contribution in [-0.2, 0) is 27.3 Å².